The summed E-state index contributed by atoms with van der Waals surface area (Å²) < 4.78 is 3.44. The van der Waals surface area contributed by atoms with Crippen LogP contribution < -0.4 is 5.32 Å². The van der Waals surface area contributed by atoms with Gasteiger partial charge in [-0.3, -0.25) is 4.40 Å². The summed E-state index contributed by atoms with van der Waals surface area (Å²) in [5.41, 5.74) is 4.56. The van der Waals surface area contributed by atoms with Crippen molar-refractivity contribution < 1.29 is 0 Å². The predicted octanol–water partition coefficient (Wildman–Crippen LogP) is 4.65. The van der Waals surface area contributed by atoms with Crippen LogP contribution >= 0.6 is 11.3 Å². The third-order valence-electron chi connectivity index (χ3n) is 3.54. The van der Waals surface area contributed by atoms with E-state index in [4.69, 9.17) is 4.98 Å². The molecule has 0 radical (unpaired) electrons. The standard InChI is InChI=1S/C17H15N3S/c1-2-18-13-8-9-15-16(10-13)21-17-19-14(11-20(15)17)12-6-4-3-5-7-12/h3-11,18H,2H2,1H3. The van der Waals surface area contributed by atoms with Crippen LogP contribution in [-0.2, 0) is 0 Å². The zero-order valence-electron chi connectivity index (χ0n) is 11.7. The molecular formula is C17H15N3S. The van der Waals surface area contributed by atoms with Gasteiger partial charge in [0, 0.05) is 24.0 Å². The zero-order chi connectivity index (χ0) is 14.2. The molecule has 0 aliphatic carbocycles. The number of anilines is 1. The Morgan fingerprint density at radius 1 is 1.14 bits per heavy atom. The first-order valence-electron chi connectivity index (χ1n) is 7.06. The molecule has 0 fully saturated rings. The third-order valence-corrected chi connectivity index (χ3v) is 4.56. The fourth-order valence-electron chi connectivity index (χ4n) is 2.56. The van der Waals surface area contributed by atoms with Crippen LogP contribution in [0.4, 0.5) is 5.69 Å². The second-order valence-corrected chi connectivity index (χ2v) is 5.97. The van der Waals surface area contributed by atoms with Gasteiger partial charge >= 0.3 is 0 Å². The molecular weight excluding hydrogens is 278 g/mol. The summed E-state index contributed by atoms with van der Waals surface area (Å²) >= 11 is 1.73. The summed E-state index contributed by atoms with van der Waals surface area (Å²) in [6.45, 7) is 3.05. The van der Waals surface area contributed by atoms with Crippen molar-refractivity contribution in [2.45, 2.75) is 6.92 Å². The van der Waals surface area contributed by atoms with Gasteiger partial charge in [0.25, 0.3) is 0 Å². The van der Waals surface area contributed by atoms with Gasteiger partial charge < -0.3 is 5.32 Å². The number of nitrogens with zero attached hydrogens (tertiary/aromatic N) is 2. The maximum atomic E-state index is 4.76. The van der Waals surface area contributed by atoms with E-state index in [-0.39, 0.29) is 0 Å². The lowest BCUT2D eigenvalue weighted by atomic mass is 10.2. The SMILES string of the molecule is CCNc1ccc2c(c1)sc1nc(-c3ccccc3)cn12. The van der Waals surface area contributed by atoms with Crippen molar-refractivity contribution in [1.29, 1.82) is 0 Å². The van der Waals surface area contributed by atoms with Gasteiger partial charge in [-0.2, -0.15) is 0 Å². The first kappa shape index (κ1) is 12.4. The Labute approximate surface area is 126 Å². The van der Waals surface area contributed by atoms with Crippen LogP contribution in [0.5, 0.6) is 0 Å². The monoisotopic (exact) mass is 293 g/mol. The van der Waals surface area contributed by atoms with Gasteiger partial charge in [-0.1, -0.05) is 41.7 Å². The summed E-state index contributed by atoms with van der Waals surface area (Å²) in [5, 5.41) is 3.35. The van der Waals surface area contributed by atoms with Crippen LogP contribution in [0.1, 0.15) is 6.92 Å². The first-order valence-corrected chi connectivity index (χ1v) is 7.88. The van der Waals surface area contributed by atoms with Crippen molar-refractivity contribution in [3.05, 3.63) is 54.7 Å². The van der Waals surface area contributed by atoms with Crippen molar-refractivity contribution in [1.82, 2.24) is 9.38 Å². The van der Waals surface area contributed by atoms with Crippen LogP contribution in [0, 0.1) is 0 Å². The molecule has 0 saturated heterocycles. The number of fused-ring (bicyclic) bond motifs is 3. The Morgan fingerprint density at radius 2 is 2.00 bits per heavy atom. The Morgan fingerprint density at radius 3 is 2.81 bits per heavy atom. The molecule has 2 heterocycles. The highest BCUT2D eigenvalue weighted by Crippen LogP contribution is 2.31. The van der Waals surface area contributed by atoms with Gasteiger partial charge in [-0.25, -0.2) is 4.98 Å². The minimum Gasteiger partial charge on any atom is -0.385 e. The van der Waals surface area contributed by atoms with Gasteiger partial charge in [0.2, 0.25) is 0 Å². The summed E-state index contributed by atoms with van der Waals surface area (Å²) in [6, 6.07) is 16.8. The van der Waals surface area contributed by atoms with E-state index in [1.54, 1.807) is 11.3 Å². The Balaban J connectivity index is 1.86. The van der Waals surface area contributed by atoms with Crippen LogP contribution in [0.3, 0.4) is 0 Å². The number of aromatic nitrogens is 2. The fourth-order valence-corrected chi connectivity index (χ4v) is 3.61. The van der Waals surface area contributed by atoms with E-state index in [9.17, 15) is 0 Å². The van der Waals surface area contributed by atoms with Crippen LogP contribution in [0.15, 0.2) is 54.7 Å². The number of thiazole rings is 1. The summed E-state index contributed by atoms with van der Waals surface area (Å²) in [5.74, 6) is 0. The van der Waals surface area contributed by atoms with Gasteiger partial charge in [-0.15, -0.1) is 0 Å². The van der Waals surface area contributed by atoms with Crippen LogP contribution in [0.2, 0.25) is 0 Å². The highest BCUT2D eigenvalue weighted by atomic mass is 32.1. The number of hydrogen-bond acceptors (Lipinski definition) is 3. The molecule has 4 rings (SSSR count). The molecule has 0 amide bonds. The summed E-state index contributed by atoms with van der Waals surface area (Å²) in [4.78, 5) is 5.80. The first-order chi connectivity index (χ1) is 10.3. The molecule has 0 aliphatic rings. The fraction of sp³-hybridized carbons (Fsp3) is 0.118. The van der Waals surface area contributed by atoms with E-state index in [0.29, 0.717) is 0 Å². The van der Waals surface area contributed by atoms with Crippen molar-refractivity contribution in [3.8, 4) is 11.3 Å². The number of benzene rings is 2. The molecule has 2 aromatic carbocycles. The highest BCUT2D eigenvalue weighted by molar-refractivity contribution is 7.23. The van der Waals surface area contributed by atoms with Gasteiger partial charge in [-0.05, 0) is 25.1 Å². The molecule has 104 valence electrons. The maximum absolute atomic E-state index is 4.76. The zero-order valence-corrected chi connectivity index (χ0v) is 12.5. The number of nitrogens with one attached hydrogen (secondary N) is 1. The van der Waals surface area contributed by atoms with E-state index in [2.05, 4.69) is 53.2 Å². The topological polar surface area (TPSA) is 29.3 Å². The molecule has 0 atom stereocenters. The molecule has 4 aromatic rings. The molecule has 1 N–H and O–H groups in total. The van der Waals surface area contributed by atoms with E-state index in [0.717, 1.165) is 28.5 Å². The lowest BCUT2D eigenvalue weighted by Gasteiger charge is -2.02. The summed E-state index contributed by atoms with van der Waals surface area (Å²) in [7, 11) is 0. The lowest BCUT2D eigenvalue weighted by molar-refractivity contribution is 1.21. The van der Waals surface area contributed by atoms with Gasteiger partial charge in [0.1, 0.15) is 0 Å². The third kappa shape index (κ3) is 2.08. The predicted molar refractivity (Wildman–Crippen MR) is 90.2 cm³/mol. The minimum atomic E-state index is 0.937. The molecule has 0 spiro atoms. The Hall–Kier alpha value is -2.33. The summed E-state index contributed by atoms with van der Waals surface area (Å²) in [6.07, 6.45) is 2.12. The van der Waals surface area contributed by atoms with Crippen molar-refractivity contribution in [2.75, 3.05) is 11.9 Å². The van der Waals surface area contributed by atoms with Gasteiger partial charge in [0.05, 0.1) is 15.9 Å². The molecule has 4 heteroatoms. The molecule has 3 nitrogen and oxygen atoms in total. The van der Waals surface area contributed by atoms with E-state index in [1.807, 2.05) is 18.2 Å². The van der Waals surface area contributed by atoms with Crippen LogP contribution in [-0.4, -0.2) is 15.9 Å². The molecule has 0 unspecified atom stereocenters. The average molecular weight is 293 g/mol. The minimum absolute atomic E-state index is 0.937. The second-order valence-electron chi connectivity index (χ2n) is 4.96. The molecule has 0 saturated carbocycles. The smallest absolute Gasteiger partial charge is 0.195 e. The molecule has 0 aliphatic heterocycles. The molecule has 21 heavy (non-hydrogen) atoms. The number of hydrogen-bond donors (Lipinski definition) is 1. The second kappa shape index (κ2) is 4.90. The Kier molecular flexibility index (Phi) is 2.89. The van der Waals surface area contributed by atoms with Crippen LogP contribution in [0.25, 0.3) is 26.4 Å². The average Bonchev–Trinajstić information content (AvgIpc) is 3.05. The van der Waals surface area contributed by atoms with E-state index in [1.165, 1.54) is 10.2 Å². The Bertz CT molecular complexity index is 906. The largest absolute Gasteiger partial charge is 0.385 e. The van der Waals surface area contributed by atoms with Crippen molar-refractivity contribution >= 4 is 32.2 Å². The van der Waals surface area contributed by atoms with Crippen molar-refractivity contribution in [3.63, 3.8) is 0 Å². The molecule has 0 bridgehead atoms. The molecule has 2 aromatic heterocycles. The number of rotatable bonds is 3. The quantitative estimate of drug-likeness (QED) is 0.596. The highest BCUT2D eigenvalue weighted by Gasteiger charge is 2.10. The van der Waals surface area contributed by atoms with Gasteiger partial charge in [0.15, 0.2) is 4.96 Å². The number of imidazole rings is 1. The normalized spacial score (nSPS) is 11.3. The van der Waals surface area contributed by atoms with E-state index >= 15 is 0 Å². The van der Waals surface area contributed by atoms with E-state index < -0.39 is 0 Å². The maximum Gasteiger partial charge on any atom is 0.195 e. The van der Waals surface area contributed by atoms with Crippen molar-refractivity contribution in [2.24, 2.45) is 0 Å². The lowest BCUT2D eigenvalue weighted by Crippen LogP contribution is -1.95.